The van der Waals surface area contributed by atoms with E-state index in [1.54, 1.807) is 0 Å². The Balaban J connectivity index is 1.79. The van der Waals surface area contributed by atoms with E-state index in [0.29, 0.717) is 5.56 Å². The summed E-state index contributed by atoms with van der Waals surface area (Å²) in [7, 11) is 1.37. The van der Waals surface area contributed by atoms with Gasteiger partial charge >= 0.3 is 0 Å². The topological polar surface area (TPSA) is 134 Å². The summed E-state index contributed by atoms with van der Waals surface area (Å²) in [6, 6.07) is 12.2. The fourth-order valence-electron chi connectivity index (χ4n) is 3.42. The largest absolute Gasteiger partial charge is 0.504 e. The van der Waals surface area contributed by atoms with E-state index in [4.69, 9.17) is 39.5 Å². The quantitative estimate of drug-likeness (QED) is 0.242. The predicted octanol–water partition coefficient (Wildman–Crippen LogP) is 5.44. The van der Waals surface area contributed by atoms with Crippen LogP contribution in [0, 0.1) is 10.1 Å². The Morgan fingerprint density at radius 3 is 2.49 bits per heavy atom. The molecule has 1 aliphatic heterocycles. The molecule has 0 atom stereocenters. The normalized spacial score (nSPS) is 14.1. The molecule has 1 aliphatic rings. The maximum absolute atomic E-state index is 13.5. The zero-order chi connectivity index (χ0) is 26.9. The second-order valence-corrected chi connectivity index (χ2v) is 8.79. The van der Waals surface area contributed by atoms with Crippen LogP contribution in [0.1, 0.15) is 15.9 Å². The van der Waals surface area contributed by atoms with Crippen molar-refractivity contribution in [2.24, 2.45) is 5.10 Å². The lowest BCUT2D eigenvalue weighted by molar-refractivity contribution is -0.384. The molecule has 1 heterocycles. The fraction of sp³-hybridized carbons (Fsp3) is 0.0417. The fourth-order valence-corrected chi connectivity index (χ4v) is 4.39. The van der Waals surface area contributed by atoms with Crippen molar-refractivity contribution in [1.82, 2.24) is 5.32 Å². The van der Waals surface area contributed by atoms with Gasteiger partial charge in [0.2, 0.25) is 0 Å². The molecule has 188 valence electrons. The van der Waals surface area contributed by atoms with Crippen LogP contribution in [-0.4, -0.2) is 34.8 Å². The zero-order valence-corrected chi connectivity index (χ0v) is 21.0. The van der Waals surface area contributed by atoms with Crippen LogP contribution in [0.25, 0.3) is 6.08 Å². The van der Waals surface area contributed by atoms with Gasteiger partial charge in [0.1, 0.15) is 5.69 Å². The summed E-state index contributed by atoms with van der Waals surface area (Å²) in [5, 5.41) is 29.0. The van der Waals surface area contributed by atoms with Gasteiger partial charge in [0.25, 0.3) is 17.5 Å². The lowest BCUT2D eigenvalue weighted by Gasteiger charge is -2.15. The Morgan fingerprint density at radius 2 is 1.84 bits per heavy atom. The molecule has 0 bridgehead atoms. The number of carbonyl (C=O) groups excluding carboxylic acids is 2. The highest BCUT2D eigenvalue weighted by Crippen LogP contribution is 2.39. The van der Waals surface area contributed by atoms with Gasteiger partial charge in [-0.05, 0) is 42.0 Å². The second-order valence-electron chi connectivity index (χ2n) is 7.53. The molecule has 0 aromatic heterocycles. The molecule has 0 unspecified atom stereocenters. The smallest absolute Gasteiger partial charge is 0.282 e. The molecule has 2 amide bonds. The van der Waals surface area contributed by atoms with Crippen LogP contribution in [0.5, 0.6) is 11.5 Å². The van der Waals surface area contributed by atoms with E-state index < -0.39 is 16.7 Å². The molecule has 37 heavy (non-hydrogen) atoms. The van der Waals surface area contributed by atoms with Crippen LogP contribution in [0.4, 0.5) is 11.4 Å². The first-order valence-electron chi connectivity index (χ1n) is 10.3. The van der Waals surface area contributed by atoms with E-state index in [1.165, 1.54) is 61.7 Å². The molecular weight excluding hydrogens is 547 g/mol. The third-order valence-corrected chi connectivity index (χ3v) is 5.93. The van der Waals surface area contributed by atoms with Crippen LogP contribution in [0.3, 0.4) is 0 Å². The SMILES string of the molecule is COc1cc(/C=C2/C(=O)N(c3c(Cl)cc(Cl)cc3Cl)N=C2NC(=O)c2cccc([N+](=O)[O-])c2)ccc1O. The number of hydrogen-bond acceptors (Lipinski definition) is 7. The number of halogens is 3. The summed E-state index contributed by atoms with van der Waals surface area (Å²) in [4.78, 5) is 36.9. The third-order valence-electron chi connectivity index (χ3n) is 5.14. The summed E-state index contributed by atoms with van der Waals surface area (Å²) in [6.07, 6.45) is 1.41. The Hall–Kier alpha value is -4.12. The molecule has 0 saturated carbocycles. The summed E-state index contributed by atoms with van der Waals surface area (Å²) in [5.41, 5.74) is 0.0898. The lowest BCUT2D eigenvalue weighted by Crippen LogP contribution is -2.31. The Kier molecular flexibility index (Phi) is 7.35. The maximum Gasteiger partial charge on any atom is 0.282 e. The van der Waals surface area contributed by atoms with Crippen molar-refractivity contribution in [3.8, 4) is 11.5 Å². The molecule has 3 aromatic carbocycles. The molecule has 3 aromatic rings. The summed E-state index contributed by atoms with van der Waals surface area (Å²) >= 11 is 18.6. The molecule has 0 radical (unpaired) electrons. The molecule has 0 spiro atoms. The monoisotopic (exact) mass is 560 g/mol. The molecule has 4 rings (SSSR count). The van der Waals surface area contributed by atoms with E-state index in [9.17, 15) is 24.8 Å². The number of nitrogens with zero attached hydrogens (tertiary/aromatic N) is 3. The molecule has 13 heteroatoms. The van der Waals surface area contributed by atoms with Crippen molar-refractivity contribution >= 4 is 69.9 Å². The highest BCUT2D eigenvalue weighted by atomic mass is 35.5. The van der Waals surface area contributed by atoms with Gasteiger partial charge < -0.3 is 15.2 Å². The Bertz CT molecular complexity index is 1500. The van der Waals surface area contributed by atoms with Gasteiger partial charge in [0.05, 0.1) is 27.7 Å². The summed E-state index contributed by atoms with van der Waals surface area (Å²) < 4.78 is 5.11. The van der Waals surface area contributed by atoms with Crippen LogP contribution < -0.4 is 15.1 Å². The van der Waals surface area contributed by atoms with Crippen molar-refractivity contribution in [3.63, 3.8) is 0 Å². The number of amidine groups is 1. The molecular formula is C24H15Cl3N4O6. The minimum absolute atomic E-state index is 0.0315. The molecule has 0 saturated heterocycles. The van der Waals surface area contributed by atoms with E-state index in [2.05, 4.69) is 10.4 Å². The number of carbonyl (C=O) groups is 2. The van der Waals surface area contributed by atoms with Gasteiger partial charge in [0.15, 0.2) is 17.3 Å². The molecule has 10 nitrogen and oxygen atoms in total. The van der Waals surface area contributed by atoms with Gasteiger partial charge in [-0.3, -0.25) is 19.7 Å². The van der Waals surface area contributed by atoms with Crippen molar-refractivity contribution in [1.29, 1.82) is 0 Å². The van der Waals surface area contributed by atoms with Crippen molar-refractivity contribution in [2.75, 3.05) is 12.1 Å². The van der Waals surface area contributed by atoms with Crippen LogP contribution >= 0.6 is 34.8 Å². The Labute approximate surface area is 224 Å². The number of aromatic hydroxyl groups is 1. The maximum atomic E-state index is 13.5. The number of nitro groups is 1. The van der Waals surface area contributed by atoms with E-state index >= 15 is 0 Å². The number of anilines is 1. The van der Waals surface area contributed by atoms with E-state index in [0.717, 1.165) is 11.1 Å². The molecule has 0 aliphatic carbocycles. The van der Waals surface area contributed by atoms with Crippen LogP contribution in [0.15, 0.2) is 65.3 Å². The highest BCUT2D eigenvalue weighted by Gasteiger charge is 2.35. The molecule has 0 fully saturated rings. The molecule has 2 N–H and O–H groups in total. The number of non-ortho nitro benzene ring substituents is 1. The number of hydrazone groups is 1. The lowest BCUT2D eigenvalue weighted by atomic mass is 10.1. The number of rotatable bonds is 5. The number of nitrogens with one attached hydrogen (secondary N) is 1. The van der Waals surface area contributed by atoms with Crippen molar-refractivity contribution in [2.45, 2.75) is 0 Å². The number of benzene rings is 3. The number of amides is 2. The number of phenols is 1. The Morgan fingerprint density at radius 1 is 1.14 bits per heavy atom. The van der Waals surface area contributed by atoms with Gasteiger partial charge in [-0.1, -0.05) is 46.9 Å². The van der Waals surface area contributed by atoms with Gasteiger partial charge in [-0.25, -0.2) is 0 Å². The number of methoxy groups -OCH3 is 1. The van der Waals surface area contributed by atoms with Gasteiger partial charge in [-0.15, -0.1) is 5.10 Å². The van der Waals surface area contributed by atoms with Crippen molar-refractivity contribution in [3.05, 3.63) is 96.5 Å². The van der Waals surface area contributed by atoms with Crippen LogP contribution in [0.2, 0.25) is 15.1 Å². The number of ether oxygens (including phenoxy) is 1. The standard InChI is InChI=1S/C24H15Cl3N4O6/c1-37-20-8-12(5-6-19(20)32)7-16-22(28-23(33)13-3-2-4-15(9-13)31(35)36)29-30(24(16)34)21-17(26)10-14(25)11-18(21)27/h2-11,32H,1H3,(H,28,29,33)/b16-7+. The minimum atomic E-state index is -0.750. The first-order chi connectivity index (χ1) is 17.6. The third kappa shape index (κ3) is 5.36. The van der Waals surface area contributed by atoms with E-state index in [1.807, 2.05) is 0 Å². The average Bonchev–Trinajstić information content (AvgIpc) is 3.14. The second kappa shape index (κ2) is 10.5. The zero-order valence-electron chi connectivity index (χ0n) is 18.7. The van der Waals surface area contributed by atoms with Crippen molar-refractivity contribution < 1.29 is 24.4 Å². The van der Waals surface area contributed by atoms with Gasteiger partial charge in [0, 0.05) is 22.7 Å². The number of hydrogen-bond donors (Lipinski definition) is 2. The van der Waals surface area contributed by atoms with Crippen LogP contribution in [-0.2, 0) is 4.79 Å². The predicted molar refractivity (Wildman–Crippen MR) is 140 cm³/mol. The first kappa shape index (κ1) is 26.0. The summed E-state index contributed by atoms with van der Waals surface area (Å²) in [6.45, 7) is 0. The first-order valence-corrected chi connectivity index (χ1v) is 11.4. The minimum Gasteiger partial charge on any atom is -0.504 e. The summed E-state index contributed by atoms with van der Waals surface area (Å²) in [5.74, 6) is -1.57. The number of nitro benzene ring substituents is 1. The van der Waals surface area contributed by atoms with E-state index in [-0.39, 0.29) is 54.9 Å². The average molecular weight is 562 g/mol. The number of phenolic OH excluding ortho intramolecular Hbond substituents is 1. The highest BCUT2D eigenvalue weighted by molar-refractivity contribution is 6.44. The van der Waals surface area contributed by atoms with Gasteiger partial charge in [-0.2, -0.15) is 5.01 Å².